The fourth-order valence-corrected chi connectivity index (χ4v) is 4.86. The third kappa shape index (κ3) is 5.57. The molecule has 170 valence electrons. The molecule has 31 heavy (non-hydrogen) atoms. The van der Waals surface area contributed by atoms with Crippen LogP contribution >= 0.6 is 0 Å². The van der Waals surface area contributed by atoms with Crippen molar-refractivity contribution in [2.75, 3.05) is 57.9 Å². The summed E-state index contributed by atoms with van der Waals surface area (Å²) in [5.74, 6) is 1.64. The lowest BCUT2D eigenvalue weighted by molar-refractivity contribution is -0.127. The first kappa shape index (κ1) is 22.1. The quantitative estimate of drug-likeness (QED) is 0.392. The number of hydrogen-bond donors (Lipinski definition) is 1. The van der Waals surface area contributed by atoms with Crippen molar-refractivity contribution >= 4 is 17.6 Å². The number of carbonyl (C=O) groups excluding carboxylic acids is 1. The van der Waals surface area contributed by atoms with Gasteiger partial charge in [0.25, 0.3) is 0 Å². The average Bonchev–Trinajstić information content (AvgIpc) is 3.39. The second-order valence-electron chi connectivity index (χ2n) is 8.65. The molecule has 1 N–H and O–H groups in total. The van der Waals surface area contributed by atoms with E-state index in [-0.39, 0.29) is 0 Å². The highest BCUT2D eigenvalue weighted by Crippen LogP contribution is 2.38. The lowest BCUT2D eigenvalue weighted by Gasteiger charge is -2.24. The average molecular weight is 429 g/mol. The third-order valence-electron chi connectivity index (χ3n) is 6.58. The van der Waals surface area contributed by atoms with Gasteiger partial charge < -0.3 is 24.6 Å². The monoisotopic (exact) mass is 428 g/mol. The number of nitrogens with zero attached hydrogens (tertiary/aromatic N) is 3. The Morgan fingerprint density at radius 2 is 2.13 bits per heavy atom. The summed E-state index contributed by atoms with van der Waals surface area (Å²) in [6.45, 7) is 5.89. The van der Waals surface area contributed by atoms with Crippen LogP contribution in [0, 0.1) is 0 Å². The molecule has 4 rings (SSSR count). The smallest absolute Gasteiger partial charge is 0.222 e. The molecular formula is C24H36N4O3. The maximum atomic E-state index is 12.0. The standard InChI is InChI=1S/C24H36N4O3/c1-25-24(26-12-5-15-31-20-10-16-30-17-11-20)28-18-19(21-6-2-3-7-22(21)28)9-14-27-13-4-8-23(27)29/h2-3,6-7,19-20H,4-5,8-18H2,1H3,(H,25,26). The van der Waals surface area contributed by atoms with Crippen molar-refractivity contribution in [2.45, 2.75) is 50.5 Å². The van der Waals surface area contributed by atoms with Crippen molar-refractivity contribution in [3.8, 4) is 0 Å². The summed E-state index contributed by atoms with van der Waals surface area (Å²) in [5.41, 5.74) is 2.59. The van der Waals surface area contributed by atoms with Gasteiger partial charge in [0.05, 0.1) is 6.10 Å². The third-order valence-corrected chi connectivity index (χ3v) is 6.58. The number of amides is 1. The number of anilines is 1. The van der Waals surface area contributed by atoms with Gasteiger partial charge >= 0.3 is 0 Å². The molecule has 2 saturated heterocycles. The zero-order chi connectivity index (χ0) is 21.5. The highest BCUT2D eigenvalue weighted by molar-refractivity contribution is 5.98. The summed E-state index contributed by atoms with van der Waals surface area (Å²) >= 11 is 0. The van der Waals surface area contributed by atoms with Crippen molar-refractivity contribution < 1.29 is 14.3 Å². The van der Waals surface area contributed by atoms with E-state index in [0.29, 0.717) is 24.3 Å². The zero-order valence-corrected chi connectivity index (χ0v) is 18.7. The first-order valence-electron chi connectivity index (χ1n) is 11.8. The number of aliphatic imine (C=N–C) groups is 1. The molecule has 7 heteroatoms. The molecule has 3 heterocycles. The number of para-hydroxylation sites is 1. The normalized spacial score (nSPS) is 22.3. The van der Waals surface area contributed by atoms with Gasteiger partial charge in [-0.2, -0.15) is 0 Å². The number of carbonyl (C=O) groups is 1. The summed E-state index contributed by atoms with van der Waals surface area (Å²) in [6, 6.07) is 8.60. The van der Waals surface area contributed by atoms with Gasteiger partial charge in [0, 0.05) is 71.1 Å². The summed E-state index contributed by atoms with van der Waals surface area (Å²) < 4.78 is 11.4. The van der Waals surface area contributed by atoms with Gasteiger partial charge in [-0.05, 0) is 43.7 Å². The molecule has 1 unspecified atom stereocenters. The van der Waals surface area contributed by atoms with E-state index in [0.717, 1.165) is 84.1 Å². The van der Waals surface area contributed by atoms with E-state index in [1.54, 1.807) is 0 Å². The number of benzene rings is 1. The van der Waals surface area contributed by atoms with Gasteiger partial charge in [0.15, 0.2) is 5.96 Å². The van der Waals surface area contributed by atoms with Crippen molar-refractivity contribution in [1.82, 2.24) is 10.2 Å². The minimum Gasteiger partial charge on any atom is -0.381 e. The van der Waals surface area contributed by atoms with E-state index in [2.05, 4.69) is 39.5 Å². The van der Waals surface area contributed by atoms with Crippen LogP contribution in [0.15, 0.2) is 29.3 Å². The lowest BCUT2D eigenvalue weighted by Crippen LogP contribution is -2.41. The Balaban J connectivity index is 1.28. The van der Waals surface area contributed by atoms with E-state index >= 15 is 0 Å². The van der Waals surface area contributed by atoms with Gasteiger partial charge in [-0.1, -0.05) is 18.2 Å². The van der Waals surface area contributed by atoms with Crippen LogP contribution in [0.5, 0.6) is 0 Å². The Kier molecular flexibility index (Phi) is 7.81. The molecule has 0 aromatic heterocycles. The molecular weight excluding hydrogens is 392 g/mol. The van der Waals surface area contributed by atoms with Crippen LogP contribution in [0.2, 0.25) is 0 Å². The van der Waals surface area contributed by atoms with E-state index in [1.165, 1.54) is 11.3 Å². The zero-order valence-electron chi connectivity index (χ0n) is 18.7. The second-order valence-corrected chi connectivity index (χ2v) is 8.65. The number of hydrogen-bond acceptors (Lipinski definition) is 4. The minimum atomic E-state index is 0.309. The van der Waals surface area contributed by atoms with Crippen molar-refractivity contribution in [2.24, 2.45) is 4.99 Å². The highest BCUT2D eigenvalue weighted by Gasteiger charge is 2.32. The molecule has 2 fully saturated rings. The summed E-state index contributed by atoms with van der Waals surface area (Å²) in [6.07, 6.45) is 6.01. The Morgan fingerprint density at radius 1 is 1.29 bits per heavy atom. The predicted molar refractivity (Wildman–Crippen MR) is 123 cm³/mol. The van der Waals surface area contributed by atoms with Gasteiger partial charge in [-0.3, -0.25) is 9.79 Å². The highest BCUT2D eigenvalue weighted by atomic mass is 16.5. The van der Waals surface area contributed by atoms with Gasteiger partial charge in [0.1, 0.15) is 0 Å². The SMILES string of the molecule is CN=C(NCCCOC1CCOCC1)N1CC(CCN2CCCC2=O)c2ccccc21. The molecule has 1 aromatic carbocycles. The molecule has 1 aromatic rings. The fraction of sp³-hybridized carbons (Fsp3) is 0.667. The molecule has 0 aliphatic carbocycles. The maximum Gasteiger partial charge on any atom is 0.222 e. The molecule has 1 amide bonds. The summed E-state index contributed by atoms with van der Waals surface area (Å²) in [7, 11) is 1.85. The van der Waals surface area contributed by atoms with E-state index in [1.807, 2.05) is 11.9 Å². The first-order chi connectivity index (χ1) is 15.3. The lowest BCUT2D eigenvalue weighted by atomic mass is 9.98. The van der Waals surface area contributed by atoms with Crippen LogP contribution in [-0.2, 0) is 14.3 Å². The van der Waals surface area contributed by atoms with Crippen molar-refractivity contribution in [3.63, 3.8) is 0 Å². The summed E-state index contributed by atoms with van der Waals surface area (Å²) in [5, 5.41) is 3.52. The molecule has 0 spiro atoms. The molecule has 3 aliphatic rings. The predicted octanol–water partition coefficient (Wildman–Crippen LogP) is 2.76. The molecule has 0 radical (unpaired) electrons. The number of fused-ring (bicyclic) bond motifs is 1. The Hall–Kier alpha value is -2.12. The number of ether oxygens (including phenoxy) is 2. The Morgan fingerprint density at radius 3 is 2.90 bits per heavy atom. The summed E-state index contributed by atoms with van der Waals surface area (Å²) in [4.78, 5) is 20.9. The van der Waals surface area contributed by atoms with Gasteiger partial charge in [-0.15, -0.1) is 0 Å². The van der Waals surface area contributed by atoms with Gasteiger partial charge in [0.2, 0.25) is 5.91 Å². The van der Waals surface area contributed by atoms with Crippen LogP contribution in [0.25, 0.3) is 0 Å². The van der Waals surface area contributed by atoms with Crippen LogP contribution in [-0.4, -0.2) is 75.9 Å². The fourth-order valence-electron chi connectivity index (χ4n) is 4.86. The topological polar surface area (TPSA) is 66.4 Å². The van der Waals surface area contributed by atoms with Gasteiger partial charge in [-0.25, -0.2) is 0 Å². The largest absolute Gasteiger partial charge is 0.381 e. The number of guanidine groups is 1. The Bertz CT molecular complexity index is 763. The maximum absolute atomic E-state index is 12.0. The van der Waals surface area contributed by atoms with Crippen LogP contribution in [0.1, 0.15) is 50.0 Å². The molecule has 0 saturated carbocycles. The number of likely N-dealkylation sites (tertiary alicyclic amines) is 1. The second kappa shape index (κ2) is 11.0. The first-order valence-corrected chi connectivity index (χ1v) is 11.8. The van der Waals surface area contributed by atoms with E-state index in [4.69, 9.17) is 9.47 Å². The van der Waals surface area contributed by atoms with E-state index in [9.17, 15) is 4.79 Å². The molecule has 0 bridgehead atoms. The van der Waals surface area contributed by atoms with Crippen LogP contribution < -0.4 is 10.2 Å². The molecule has 3 aliphatic heterocycles. The molecule has 7 nitrogen and oxygen atoms in total. The van der Waals surface area contributed by atoms with Crippen molar-refractivity contribution in [1.29, 1.82) is 0 Å². The van der Waals surface area contributed by atoms with Crippen LogP contribution in [0.3, 0.4) is 0 Å². The number of nitrogens with one attached hydrogen (secondary N) is 1. The van der Waals surface area contributed by atoms with E-state index < -0.39 is 0 Å². The molecule has 1 atom stereocenters. The van der Waals surface area contributed by atoms with Crippen LogP contribution in [0.4, 0.5) is 5.69 Å². The van der Waals surface area contributed by atoms with Crippen molar-refractivity contribution in [3.05, 3.63) is 29.8 Å². The number of rotatable bonds is 8. The Labute approximate surface area is 185 Å². The minimum absolute atomic E-state index is 0.309.